The van der Waals surface area contributed by atoms with Crippen molar-refractivity contribution >= 4 is 15.9 Å². The third kappa shape index (κ3) is 4.39. The predicted molar refractivity (Wildman–Crippen MR) is 83.2 cm³/mol. The Labute approximate surface area is 124 Å². The maximum atomic E-state index is 5.51. The first-order chi connectivity index (χ1) is 9.17. The largest absolute Gasteiger partial charge is 0.496 e. The van der Waals surface area contributed by atoms with Gasteiger partial charge in [-0.1, -0.05) is 26.7 Å². The van der Waals surface area contributed by atoms with Gasteiger partial charge in [0, 0.05) is 11.6 Å². The second kappa shape index (κ2) is 8.43. The van der Waals surface area contributed by atoms with E-state index in [4.69, 9.17) is 9.47 Å². The topological polar surface area (TPSA) is 30.5 Å². The lowest BCUT2D eigenvalue weighted by Gasteiger charge is -2.22. The van der Waals surface area contributed by atoms with E-state index in [0.717, 1.165) is 34.5 Å². The molecule has 1 atom stereocenters. The van der Waals surface area contributed by atoms with Crippen LogP contribution in [0.15, 0.2) is 16.6 Å². The minimum Gasteiger partial charge on any atom is -0.496 e. The molecule has 19 heavy (non-hydrogen) atoms. The molecule has 0 heterocycles. The van der Waals surface area contributed by atoms with Crippen LogP contribution in [0.4, 0.5) is 0 Å². The second-order valence-corrected chi connectivity index (χ2v) is 5.34. The van der Waals surface area contributed by atoms with Crippen LogP contribution in [0.2, 0.25) is 0 Å². The molecule has 1 aromatic carbocycles. The van der Waals surface area contributed by atoms with Crippen LogP contribution in [0.25, 0.3) is 0 Å². The number of rotatable bonds is 8. The summed E-state index contributed by atoms with van der Waals surface area (Å²) in [6.07, 6.45) is 3.49. The van der Waals surface area contributed by atoms with Gasteiger partial charge in [-0.3, -0.25) is 0 Å². The molecule has 3 nitrogen and oxygen atoms in total. The summed E-state index contributed by atoms with van der Waals surface area (Å²) < 4.78 is 11.8. The molecule has 1 unspecified atom stereocenters. The Balaban J connectivity index is 3.11. The van der Waals surface area contributed by atoms with E-state index in [0.29, 0.717) is 6.04 Å². The smallest absolute Gasteiger partial charge is 0.133 e. The Kier molecular flexibility index (Phi) is 7.24. The Bertz CT molecular complexity index is 396. The highest BCUT2D eigenvalue weighted by Crippen LogP contribution is 2.37. The molecule has 0 aromatic heterocycles. The quantitative estimate of drug-likeness (QED) is 0.770. The van der Waals surface area contributed by atoms with Gasteiger partial charge < -0.3 is 14.8 Å². The molecule has 0 spiro atoms. The maximum absolute atomic E-state index is 5.51. The molecule has 1 aromatic rings. The summed E-state index contributed by atoms with van der Waals surface area (Å²) in [5.74, 6) is 1.74. The van der Waals surface area contributed by atoms with Gasteiger partial charge in [0.15, 0.2) is 0 Å². The van der Waals surface area contributed by atoms with Crippen molar-refractivity contribution < 1.29 is 9.47 Å². The zero-order chi connectivity index (χ0) is 14.3. The van der Waals surface area contributed by atoms with Crippen LogP contribution in [-0.4, -0.2) is 20.8 Å². The third-order valence-corrected chi connectivity index (χ3v) is 3.80. The number of unbranched alkanes of at least 4 members (excludes halogenated alkanes) is 1. The van der Waals surface area contributed by atoms with Gasteiger partial charge in [-0.25, -0.2) is 0 Å². The van der Waals surface area contributed by atoms with Crippen LogP contribution in [0, 0.1) is 0 Å². The summed E-state index contributed by atoms with van der Waals surface area (Å²) in [6.45, 7) is 5.28. The van der Waals surface area contributed by atoms with Crippen LogP contribution >= 0.6 is 15.9 Å². The van der Waals surface area contributed by atoms with Gasteiger partial charge in [-0.15, -0.1) is 0 Å². The highest BCUT2D eigenvalue weighted by molar-refractivity contribution is 9.10. The highest BCUT2D eigenvalue weighted by atomic mass is 79.9. The zero-order valence-electron chi connectivity index (χ0n) is 12.3. The predicted octanol–water partition coefficient (Wildman–Crippen LogP) is 4.31. The molecule has 0 aliphatic carbocycles. The number of halogens is 1. The average molecular weight is 330 g/mol. The molecule has 108 valence electrons. The van der Waals surface area contributed by atoms with Crippen molar-refractivity contribution in [3.05, 3.63) is 22.2 Å². The van der Waals surface area contributed by atoms with Crippen molar-refractivity contribution in [1.29, 1.82) is 0 Å². The number of methoxy groups -OCH3 is 2. The molecule has 0 aliphatic heterocycles. The molecular weight excluding hydrogens is 306 g/mol. The van der Waals surface area contributed by atoms with Crippen molar-refractivity contribution in [2.75, 3.05) is 20.8 Å². The van der Waals surface area contributed by atoms with E-state index in [1.165, 1.54) is 12.8 Å². The number of hydrogen-bond donors (Lipinski definition) is 1. The Morgan fingerprint density at radius 1 is 1.16 bits per heavy atom. The Morgan fingerprint density at radius 2 is 1.84 bits per heavy atom. The number of ether oxygens (including phenoxy) is 2. The lowest BCUT2D eigenvalue weighted by molar-refractivity contribution is 0.384. The van der Waals surface area contributed by atoms with Gasteiger partial charge in [0.25, 0.3) is 0 Å². The zero-order valence-corrected chi connectivity index (χ0v) is 13.8. The van der Waals surface area contributed by atoms with Gasteiger partial charge in [0.05, 0.1) is 18.7 Å². The van der Waals surface area contributed by atoms with E-state index in [9.17, 15) is 0 Å². The second-order valence-electron chi connectivity index (χ2n) is 4.48. The first-order valence-corrected chi connectivity index (χ1v) is 7.61. The summed E-state index contributed by atoms with van der Waals surface area (Å²) >= 11 is 3.50. The van der Waals surface area contributed by atoms with Gasteiger partial charge in [-0.05, 0) is 41.0 Å². The van der Waals surface area contributed by atoms with Gasteiger partial charge in [0.1, 0.15) is 11.5 Å². The van der Waals surface area contributed by atoms with E-state index < -0.39 is 0 Å². The molecule has 1 N–H and O–H groups in total. The number of benzene rings is 1. The first kappa shape index (κ1) is 16.3. The van der Waals surface area contributed by atoms with Crippen molar-refractivity contribution in [3.8, 4) is 11.5 Å². The van der Waals surface area contributed by atoms with Crippen LogP contribution in [0.5, 0.6) is 11.5 Å². The van der Waals surface area contributed by atoms with Crippen molar-refractivity contribution in [2.45, 2.75) is 39.2 Å². The number of hydrogen-bond acceptors (Lipinski definition) is 3. The molecule has 1 rings (SSSR count). The molecule has 4 heteroatoms. The van der Waals surface area contributed by atoms with Gasteiger partial charge in [-0.2, -0.15) is 0 Å². The fourth-order valence-corrected chi connectivity index (χ4v) is 2.66. The maximum Gasteiger partial charge on any atom is 0.133 e. The van der Waals surface area contributed by atoms with Crippen molar-refractivity contribution in [2.24, 2.45) is 0 Å². The van der Waals surface area contributed by atoms with Crippen LogP contribution in [0.3, 0.4) is 0 Å². The van der Waals surface area contributed by atoms with Gasteiger partial charge >= 0.3 is 0 Å². The molecular formula is C15H24BrNO2. The standard InChI is InChI=1S/C15H24BrNO2/c1-5-7-8-13(17-6-2)11-9-15(19-4)12(16)10-14(11)18-3/h9-10,13,17H,5-8H2,1-4H3. The van der Waals surface area contributed by atoms with Crippen LogP contribution < -0.4 is 14.8 Å². The summed E-state index contributed by atoms with van der Waals surface area (Å²) in [4.78, 5) is 0. The molecule has 0 fully saturated rings. The monoisotopic (exact) mass is 329 g/mol. The van der Waals surface area contributed by atoms with Crippen molar-refractivity contribution in [3.63, 3.8) is 0 Å². The van der Waals surface area contributed by atoms with E-state index >= 15 is 0 Å². The minimum absolute atomic E-state index is 0.307. The fourth-order valence-electron chi connectivity index (χ4n) is 2.18. The van der Waals surface area contributed by atoms with E-state index in [2.05, 4.69) is 41.2 Å². The fraction of sp³-hybridized carbons (Fsp3) is 0.600. The SMILES string of the molecule is CCCCC(NCC)c1cc(OC)c(Br)cc1OC. The average Bonchev–Trinajstić information content (AvgIpc) is 2.43. The highest BCUT2D eigenvalue weighted by Gasteiger charge is 2.17. The third-order valence-electron chi connectivity index (χ3n) is 3.18. The Hall–Kier alpha value is -0.740. The normalized spacial score (nSPS) is 12.3. The summed E-state index contributed by atoms with van der Waals surface area (Å²) in [6, 6.07) is 4.35. The van der Waals surface area contributed by atoms with Crippen molar-refractivity contribution in [1.82, 2.24) is 5.32 Å². The lowest BCUT2D eigenvalue weighted by Crippen LogP contribution is -2.21. The van der Waals surface area contributed by atoms with Crippen LogP contribution in [0.1, 0.15) is 44.7 Å². The summed E-state index contributed by atoms with van der Waals surface area (Å²) in [7, 11) is 3.39. The van der Waals surface area contributed by atoms with Crippen LogP contribution in [-0.2, 0) is 0 Å². The lowest BCUT2D eigenvalue weighted by atomic mass is 9.99. The Morgan fingerprint density at radius 3 is 2.37 bits per heavy atom. The van der Waals surface area contributed by atoms with E-state index in [-0.39, 0.29) is 0 Å². The molecule has 0 bridgehead atoms. The van der Waals surface area contributed by atoms with E-state index in [1.807, 2.05) is 6.07 Å². The first-order valence-electron chi connectivity index (χ1n) is 6.82. The molecule has 0 saturated carbocycles. The molecule has 0 radical (unpaired) electrons. The summed E-state index contributed by atoms with van der Waals surface area (Å²) in [5, 5.41) is 3.53. The molecule has 0 aliphatic rings. The summed E-state index contributed by atoms with van der Waals surface area (Å²) in [5.41, 5.74) is 1.16. The minimum atomic E-state index is 0.307. The molecule has 0 amide bonds. The molecule has 0 saturated heterocycles. The van der Waals surface area contributed by atoms with E-state index in [1.54, 1.807) is 14.2 Å². The van der Waals surface area contributed by atoms with Gasteiger partial charge in [0.2, 0.25) is 0 Å². The number of nitrogens with one attached hydrogen (secondary N) is 1.